The molecular weight excluding hydrogens is 331 g/mol. The maximum Gasteiger partial charge on any atom is 0.261 e. The van der Waals surface area contributed by atoms with Crippen molar-refractivity contribution in [3.8, 4) is 16.5 Å². The molecule has 1 aliphatic heterocycles. The molecule has 0 aliphatic carbocycles. The number of aromatic amines is 1. The van der Waals surface area contributed by atoms with Gasteiger partial charge >= 0.3 is 0 Å². The smallest absolute Gasteiger partial charge is 0.261 e. The average Bonchev–Trinajstić information content (AvgIpc) is 3.31. The summed E-state index contributed by atoms with van der Waals surface area (Å²) in [5.41, 5.74) is 0.704. The van der Waals surface area contributed by atoms with Crippen LogP contribution in [-0.4, -0.2) is 27.2 Å². The van der Waals surface area contributed by atoms with Gasteiger partial charge in [0.25, 0.3) is 5.91 Å². The number of benzene rings is 1. The molecule has 0 saturated heterocycles. The second kappa shape index (κ2) is 6.04. The Labute approximate surface area is 140 Å². The van der Waals surface area contributed by atoms with Crippen LogP contribution >= 0.6 is 11.3 Å². The first-order valence-electron chi connectivity index (χ1n) is 7.37. The third-order valence-corrected chi connectivity index (χ3v) is 4.58. The lowest BCUT2D eigenvalue weighted by Crippen LogP contribution is -2.37. The van der Waals surface area contributed by atoms with E-state index < -0.39 is 11.9 Å². The summed E-state index contributed by atoms with van der Waals surface area (Å²) in [6.45, 7) is 0.204. The van der Waals surface area contributed by atoms with Gasteiger partial charge in [0.05, 0.1) is 11.4 Å². The fourth-order valence-corrected chi connectivity index (χ4v) is 3.21. The van der Waals surface area contributed by atoms with Crippen LogP contribution in [0, 0.1) is 5.82 Å². The molecule has 122 valence electrons. The maximum absolute atomic E-state index is 13.6. The minimum absolute atomic E-state index is 0.164. The summed E-state index contributed by atoms with van der Waals surface area (Å²) >= 11 is 1.54. The van der Waals surface area contributed by atoms with Crippen LogP contribution in [0.3, 0.4) is 0 Å². The molecule has 0 radical (unpaired) electrons. The summed E-state index contributed by atoms with van der Waals surface area (Å²) in [5, 5.41) is 11.6. The third kappa shape index (κ3) is 2.76. The van der Waals surface area contributed by atoms with Crippen molar-refractivity contribution in [1.29, 1.82) is 0 Å². The molecule has 3 aromatic rings. The van der Waals surface area contributed by atoms with Crippen molar-refractivity contribution in [1.82, 2.24) is 20.5 Å². The number of carbonyl (C=O) groups excluding carboxylic acids is 1. The van der Waals surface area contributed by atoms with Crippen molar-refractivity contribution in [3.63, 3.8) is 0 Å². The van der Waals surface area contributed by atoms with Gasteiger partial charge in [0.2, 0.25) is 0 Å². The number of para-hydroxylation sites is 1. The van der Waals surface area contributed by atoms with E-state index in [1.165, 1.54) is 6.07 Å². The molecular formula is C16H13FN4O2S. The first-order chi connectivity index (χ1) is 11.7. The maximum atomic E-state index is 13.6. The predicted molar refractivity (Wildman–Crippen MR) is 86.1 cm³/mol. The molecule has 4 rings (SSSR count). The van der Waals surface area contributed by atoms with Crippen molar-refractivity contribution in [2.75, 3.05) is 0 Å². The molecule has 2 N–H and O–H groups in total. The van der Waals surface area contributed by atoms with Gasteiger partial charge in [-0.1, -0.05) is 18.2 Å². The van der Waals surface area contributed by atoms with E-state index in [1.807, 2.05) is 17.5 Å². The Hall–Kier alpha value is -2.74. The number of fused-ring (bicyclic) bond motifs is 1. The van der Waals surface area contributed by atoms with Gasteiger partial charge in [-0.25, -0.2) is 9.37 Å². The van der Waals surface area contributed by atoms with E-state index in [1.54, 1.807) is 23.5 Å². The molecule has 2 aromatic heterocycles. The van der Waals surface area contributed by atoms with Gasteiger partial charge < -0.3 is 10.1 Å². The number of ether oxygens (including phenoxy) is 1. The van der Waals surface area contributed by atoms with E-state index in [9.17, 15) is 9.18 Å². The summed E-state index contributed by atoms with van der Waals surface area (Å²) in [5.74, 6) is 0.560. The second-order valence-corrected chi connectivity index (χ2v) is 6.29. The lowest BCUT2D eigenvalue weighted by molar-refractivity contribution is -0.127. The molecule has 1 atom stereocenters. The van der Waals surface area contributed by atoms with Gasteiger partial charge in [-0.2, -0.15) is 5.10 Å². The number of thiophene rings is 1. The Morgan fingerprint density at radius 1 is 1.42 bits per heavy atom. The highest BCUT2D eigenvalue weighted by Gasteiger charge is 2.31. The molecule has 0 unspecified atom stereocenters. The largest absolute Gasteiger partial charge is 0.477 e. The van der Waals surface area contributed by atoms with Crippen LogP contribution in [0.1, 0.15) is 11.4 Å². The summed E-state index contributed by atoms with van der Waals surface area (Å²) < 4.78 is 19.1. The number of amides is 1. The molecule has 6 nitrogen and oxygen atoms in total. The van der Waals surface area contributed by atoms with Crippen molar-refractivity contribution in [2.45, 2.75) is 19.1 Å². The van der Waals surface area contributed by atoms with Crippen LogP contribution in [0.25, 0.3) is 10.7 Å². The number of carbonyl (C=O) groups is 1. The Morgan fingerprint density at radius 2 is 2.33 bits per heavy atom. The molecule has 1 amide bonds. The van der Waals surface area contributed by atoms with E-state index >= 15 is 0 Å². The number of rotatable bonds is 4. The van der Waals surface area contributed by atoms with Gasteiger partial charge in [-0.15, -0.1) is 11.3 Å². The van der Waals surface area contributed by atoms with Crippen LogP contribution in [0.15, 0.2) is 35.7 Å². The van der Waals surface area contributed by atoms with Crippen LogP contribution in [0.2, 0.25) is 0 Å². The minimum atomic E-state index is -0.725. The van der Waals surface area contributed by atoms with Crippen LogP contribution in [0.4, 0.5) is 4.39 Å². The van der Waals surface area contributed by atoms with Crippen molar-refractivity contribution in [3.05, 3.63) is 52.9 Å². The lowest BCUT2D eigenvalue weighted by atomic mass is 10.1. The van der Waals surface area contributed by atoms with E-state index in [0.29, 0.717) is 23.6 Å². The first-order valence-corrected chi connectivity index (χ1v) is 8.25. The van der Waals surface area contributed by atoms with Crippen LogP contribution < -0.4 is 10.1 Å². The second-order valence-electron chi connectivity index (χ2n) is 5.34. The number of nitrogens with one attached hydrogen (secondary N) is 2. The van der Waals surface area contributed by atoms with Crippen molar-refractivity contribution in [2.24, 2.45) is 0 Å². The zero-order valence-electron chi connectivity index (χ0n) is 12.5. The molecule has 0 saturated carbocycles. The molecule has 3 heterocycles. The van der Waals surface area contributed by atoms with Gasteiger partial charge in [0, 0.05) is 12.0 Å². The molecule has 8 heteroatoms. The number of nitrogens with zero attached hydrogens (tertiary/aromatic N) is 2. The van der Waals surface area contributed by atoms with Crippen LogP contribution in [-0.2, 0) is 17.8 Å². The topological polar surface area (TPSA) is 79.9 Å². The highest BCUT2D eigenvalue weighted by Crippen LogP contribution is 2.31. The first kappa shape index (κ1) is 14.8. The summed E-state index contributed by atoms with van der Waals surface area (Å²) in [4.78, 5) is 17.5. The Bertz CT molecular complexity index is 878. The standard InChI is InChI=1S/C16H13FN4O2S/c17-10-4-1-3-9-7-11(23-14(9)10)16(22)18-8-13-19-15(21-20-13)12-5-2-6-24-12/h1-6,11H,7-8H2,(H,18,22)(H,19,20,21)/t11-/m0/s1. The molecule has 0 bridgehead atoms. The normalized spacial score (nSPS) is 15.8. The van der Waals surface area contributed by atoms with E-state index in [-0.39, 0.29) is 18.2 Å². The number of H-pyrrole nitrogens is 1. The van der Waals surface area contributed by atoms with E-state index in [4.69, 9.17) is 4.74 Å². The highest BCUT2D eigenvalue weighted by atomic mass is 32.1. The van der Waals surface area contributed by atoms with Gasteiger partial charge in [-0.05, 0) is 17.5 Å². The molecule has 0 spiro atoms. The summed E-state index contributed by atoms with van der Waals surface area (Å²) in [6, 6.07) is 8.54. The molecule has 0 fully saturated rings. The molecule has 24 heavy (non-hydrogen) atoms. The van der Waals surface area contributed by atoms with Crippen molar-refractivity contribution < 1.29 is 13.9 Å². The molecule has 1 aliphatic rings. The monoisotopic (exact) mass is 344 g/mol. The van der Waals surface area contributed by atoms with Gasteiger partial charge in [0.15, 0.2) is 23.5 Å². The van der Waals surface area contributed by atoms with Gasteiger partial charge in [-0.3, -0.25) is 9.89 Å². The minimum Gasteiger partial charge on any atom is -0.477 e. The molecule has 1 aromatic carbocycles. The van der Waals surface area contributed by atoms with E-state index in [0.717, 1.165) is 4.88 Å². The number of aromatic nitrogens is 3. The number of halogens is 1. The number of hydrogen-bond acceptors (Lipinski definition) is 5. The fraction of sp³-hybridized carbons (Fsp3) is 0.188. The third-order valence-electron chi connectivity index (χ3n) is 3.71. The summed E-state index contributed by atoms with van der Waals surface area (Å²) in [7, 11) is 0. The summed E-state index contributed by atoms with van der Waals surface area (Å²) in [6.07, 6.45) is -0.368. The van der Waals surface area contributed by atoms with E-state index in [2.05, 4.69) is 20.5 Å². The predicted octanol–water partition coefficient (Wildman–Crippen LogP) is 2.29. The Morgan fingerprint density at radius 3 is 3.12 bits per heavy atom. The quantitative estimate of drug-likeness (QED) is 0.761. The fourth-order valence-electron chi connectivity index (χ4n) is 2.55. The van der Waals surface area contributed by atoms with Crippen LogP contribution in [0.5, 0.6) is 5.75 Å². The van der Waals surface area contributed by atoms with Crippen molar-refractivity contribution >= 4 is 17.2 Å². The number of hydrogen-bond donors (Lipinski definition) is 2. The zero-order valence-corrected chi connectivity index (χ0v) is 13.3. The Balaban J connectivity index is 1.37. The highest BCUT2D eigenvalue weighted by molar-refractivity contribution is 7.13. The SMILES string of the molecule is O=C(NCc1nc(-c2cccs2)n[nH]1)[C@@H]1Cc2cccc(F)c2O1. The Kier molecular flexibility index (Phi) is 3.73. The van der Waals surface area contributed by atoms with Gasteiger partial charge in [0.1, 0.15) is 5.82 Å². The lowest BCUT2D eigenvalue weighted by Gasteiger charge is -2.10. The average molecular weight is 344 g/mol. The zero-order chi connectivity index (χ0) is 16.5.